The van der Waals surface area contributed by atoms with Crippen LogP contribution in [0.15, 0.2) is 60.8 Å². The quantitative estimate of drug-likeness (QED) is 0.733. The normalized spacial score (nSPS) is 14.1. The minimum atomic E-state index is 0.451. The number of morpholine rings is 1. The van der Waals surface area contributed by atoms with E-state index in [0.29, 0.717) is 11.8 Å². The monoisotopic (exact) mass is 348 g/mol. The van der Waals surface area contributed by atoms with Gasteiger partial charge in [-0.3, -0.25) is 0 Å². The lowest BCUT2D eigenvalue weighted by Crippen LogP contribution is -2.36. The van der Waals surface area contributed by atoms with Gasteiger partial charge in [0.15, 0.2) is 5.82 Å². The highest BCUT2D eigenvalue weighted by molar-refractivity contribution is 5.73. The summed E-state index contributed by atoms with van der Waals surface area (Å²) in [7, 11) is 0. The topological polar surface area (TPSA) is 75.2 Å². The van der Waals surface area contributed by atoms with Crippen LogP contribution < -0.4 is 15.5 Å². The number of nitrogens with zero attached hydrogens (tertiary/aromatic N) is 4. The molecule has 1 saturated heterocycles. The molecule has 7 heteroatoms. The predicted molar refractivity (Wildman–Crippen MR) is 102 cm³/mol. The van der Waals surface area contributed by atoms with Crippen LogP contribution in [0.2, 0.25) is 0 Å². The molecule has 0 radical (unpaired) electrons. The third-order valence-corrected chi connectivity index (χ3v) is 4.11. The fourth-order valence-corrected chi connectivity index (χ4v) is 2.87. The Morgan fingerprint density at radius 1 is 0.885 bits per heavy atom. The van der Waals surface area contributed by atoms with Crippen molar-refractivity contribution in [2.75, 3.05) is 41.8 Å². The van der Waals surface area contributed by atoms with E-state index in [4.69, 9.17) is 4.74 Å². The fourth-order valence-electron chi connectivity index (χ4n) is 2.87. The van der Waals surface area contributed by atoms with Crippen molar-refractivity contribution in [3.63, 3.8) is 0 Å². The minimum absolute atomic E-state index is 0.451. The Morgan fingerprint density at radius 3 is 2.50 bits per heavy atom. The van der Waals surface area contributed by atoms with Crippen molar-refractivity contribution in [2.45, 2.75) is 0 Å². The highest BCUT2D eigenvalue weighted by Crippen LogP contribution is 2.28. The van der Waals surface area contributed by atoms with Gasteiger partial charge in [0, 0.05) is 18.8 Å². The lowest BCUT2D eigenvalue weighted by Gasteiger charge is -2.30. The fraction of sp³-hybridized carbons (Fsp3) is 0.211. The Bertz CT molecular complexity index is 851. The smallest absolute Gasteiger partial charge is 0.249 e. The van der Waals surface area contributed by atoms with Crippen LogP contribution in [-0.2, 0) is 4.74 Å². The summed E-state index contributed by atoms with van der Waals surface area (Å²) in [6, 6.07) is 18.0. The molecule has 0 amide bonds. The summed E-state index contributed by atoms with van der Waals surface area (Å²) in [4.78, 5) is 6.81. The summed E-state index contributed by atoms with van der Waals surface area (Å²) in [6.45, 7) is 3.21. The highest BCUT2D eigenvalue weighted by atomic mass is 16.5. The van der Waals surface area contributed by atoms with Gasteiger partial charge in [-0.15, -0.1) is 5.10 Å². The number of para-hydroxylation sites is 3. The molecule has 2 heterocycles. The van der Waals surface area contributed by atoms with Gasteiger partial charge in [-0.1, -0.05) is 30.3 Å². The molecule has 4 rings (SSSR count). The minimum Gasteiger partial charge on any atom is -0.378 e. The Labute approximate surface area is 152 Å². The maximum Gasteiger partial charge on any atom is 0.249 e. The van der Waals surface area contributed by atoms with Crippen LogP contribution in [0.3, 0.4) is 0 Å². The maximum atomic E-state index is 5.45. The van der Waals surface area contributed by atoms with E-state index in [2.05, 4.69) is 36.8 Å². The van der Waals surface area contributed by atoms with Crippen molar-refractivity contribution >= 4 is 28.8 Å². The largest absolute Gasteiger partial charge is 0.378 e. The van der Waals surface area contributed by atoms with Crippen molar-refractivity contribution in [1.29, 1.82) is 0 Å². The molecular formula is C19H20N6O. The van der Waals surface area contributed by atoms with Crippen LogP contribution >= 0.6 is 0 Å². The second-order valence-electron chi connectivity index (χ2n) is 5.90. The molecule has 1 aromatic heterocycles. The molecule has 3 aromatic rings. The molecule has 0 atom stereocenters. The van der Waals surface area contributed by atoms with Gasteiger partial charge in [-0.2, -0.15) is 10.1 Å². The predicted octanol–water partition coefficient (Wildman–Crippen LogP) is 3.20. The molecule has 2 aromatic carbocycles. The summed E-state index contributed by atoms with van der Waals surface area (Å²) in [6.07, 6.45) is 1.60. The summed E-state index contributed by atoms with van der Waals surface area (Å²) in [5, 5.41) is 14.7. The first-order chi connectivity index (χ1) is 12.9. The van der Waals surface area contributed by atoms with E-state index >= 15 is 0 Å². The number of nitrogens with one attached hydrogen (secondary N) is 2. The van der Waals surface area contributed by atoms with Crippen LogP contribution in [0, 0.1) is 0 Å². The second kappa shape index (κ2) is 7.79. The lowest BCUT2D eigenvalue weighted by molar-refractivity contribution is 0.123. The molecule has 7 nitrogen and oxygen atoms in total. The Balaban J connectivity index is 1.53. The first-order valence-electron chi connectivity index (χ1n) is 8.59. The standard InChI is InChI=1S/C19H20N6O/c1-2-6-15(7-3-1)21-18-14-20-24-19(23-18)22-16-8-4-5-9-17(16)25-10-12-26-13-11-25/h1-9,14H,10-13H2,(H2,21,22,23,24). The number of anilines is 5. The van der Waals surface area contributed by atoms with Crippen LogP contribution in [0.5, 0.6) is 0 Å². The molecule has 26 heavy (non-hydrogen) atoms. The summed E-state index contributed by atoms with van der Waals surface area (Å²) < 4.78 is 5.45. The van der Waals surface area contributed by atoms with E-state index in [1.54, 1.807) is 6.20 Å². The van der Waals surface area contributed by atoms with E-state index < -0.39 is 0 Å². The lowest BCUT2D eigenvalue weighted by atomic mass is 10.2. The number of benzene rings is 2. The van der Waals surface area contributed by atoms with Gasteiger partial charge >= 0.3 is 0 Å². The van der Waals surface area contributed by atoms with Crippen molar-refractivity contribution in [2.24, 2.45) is 0 Å². The van der Waals surface area contributed by atoms with E-state index in [-0.39, 0.29) is 0 Å². The van der Waals surface area contributed by atoms with Crippen LogP contribution in [0.25, 0.3) is 0 Å². The van der Waals surface area contributed by atoms with Crippen LogP contribution in [0.4, 0.5) is 28.8 Å². The molecular weight excluding hydrogens is 328 g/mol. The zero-order chi connectivity index (χ0) is 17.6. The van der Waals surface area contributed by atoms with Gasteiger partial charge in [0.05, 0.1) is 30.8 Å². The summed E-state index contributed by atoms with van der Waals surface area (Å²) in [5.41, 5.74) is 3.02. The van der Waals surface area contributed by atoms with Crippen molar-refractivity contribution < 1.29 is 4.74 Å². The molecule has 1 fully saturated rings. The van der Waals surface area contributed by atoms with E-state index in [1.807, 2.05) is 48.5 Å². The average Bonchev–Trinajstić information content (AvgIpc) is 2.70. The second-order valence-corrected chi connectivity index (χ2v) is 5.90. The molecule has 0 spiro atoms. The van der Waals surface area contributed by atoms with Gasteiger partial charge in [0.2, 0.25) is 5.95 Å². The van der Waals surface area contributed by atoms with Crippen molar-refractivity contribution in [1.82, 2.24) is 15.2 Å². The molecule has 0 bridgehead atoms. The van der Waals surface area contributed by atoms with Crippen LogP contribution in [-0.4, -0.2) is 41.5 Å². The molecule has 1 aliphatic heterocycles. The Morgan fingerprint density at radius 2 is 1.65 bits per heavy atom. The number of rotatable bonds is 5. The van der Waals surface area contributed by atoms with Gasteiger partial charge in [-0.25, -0.2) is 0 Å². The molecule has 0 saturated carbocycles. The Hall–Kier alpha value is -3.19. The first-order valence-corrected chi connectivity index (χ1v) is 8.59. The van der Waals surface area contributed by atoms with Gasteiger partial charge in [0.1, 0.15) is 0 Å². The van der Waals surface area contributed by atoms with Crippen molar-refractivity contribution in [3.05, 3.63) is 60.8 Å². The van der Waals surface area contributed by atoms with E-state index in [1.165, 1.54) is 0 Å². The van der Waals surface area contributed by atoms with Crippen LogP contribution in [0.1, 0.15) is 0 Å². The molecule has 0 unspecified atom stereocenters. The zero-order valence-corrected chi connectivity index (χ0v) is 14.3. The zero-order valence-electron chi connectivity index (χ0n) is 14.3. The SMILES string of the molecule is c1ccc(Nc2cnnc(Nc3ccccc3N3CCOCC3)n2)cc1. The molecule has 132 valence electrons. The number of ether oxygens (including phenoxy) is 1. The number of hydrogen-bond donors (Lipinski definition) is 2. The third-order valence-electron chi connectivity index (χ3n) is 4.11. The first kappa shape index (κ1) is 16.3. The van der Waals surface area contributed by atoms with Gasteiger partial charge < -0.3 is 20.3 Å². The van der Waals surface area contributed by atoms with Crippen molar-refractivity contribution in [3.8, 4) is 0 Å². The summed E-state index contributed by atoms with van der Waals surface area (Å²) >= 11 is 0. The van der Waals surface area contributed by atoms with Gasteiger partial charge in [0.25, 0.3) is 0 Å². The number of aromatic nitrogens is 3. The maximum absolute atomic E-state index is 5.45. The number of hydrogen-bond acceptors (Lipinski definition) is 7. The third kappa shape index (κ3) is 3.89. The molecule has 1 aliphatic rings. The van der Waals surface area contributed by atoms with E-state index in [0.717, 1.165) is 43.4 Å². The van der Waals surface area contributed by atoms with E-state index in [9.17, 15) is 0 Å². The van der Waals surface area contributed by atoms with Gasteiger partial charge in [-0.05, 0) is 24.3 Å². The molecule has 2 N–H and O–H groups in total. The highest BCUT2D eigenvalue weighted by Gasteiger charge is 2.15. The Kier molecular flexibility index (Phi) is 4.88. The summed E-state index contributed by atoms with van der Waals surface area (Å²) in [5.74, 6) is 1.09. The average molecular weight is 348 g/mol. The molecule has 0 aliphatic carbocycles.